The third kappa shape index (κ3) is 6.92. The fraction of sp³-hybridized carbons (Fsp3) is 0.536. The van der Waals surface area contributed by atoms with Gasteiger partial charge in [0, 0.05) is 16.4 Å². The van der Waals surface area contributed by atoms with Crippen molar-refractivity contribution in [3.8, 4) is 11.5 Å². The van der Waals surface area contributed by atoms with E-state index in [1.165, 1.54) is 35.3 Å². The van der Waals surface area contributed by atoms with E-state index in [-0.39, 0.29) is 18.7 Å². The van der Waals surface area contributed by atoms with Crippen molar-refractivity contribution in [2.24, 2.45) is 5.92 Å². The molecule has 0 bridgehead atoms. The van der Waals surface area contributed by atoms with Gasteiger partial charge in [0.1, 0.15) is 17.6 Å². The summed E-state index contributed by atoms with van der Waals surface area (Å²) in [5.74, 6) is 3.51. The molecule has 1 aliphatic rings. The van der Waals surface area contributed by atoms with E-state index in [4.69, 9.17) is 14.2 Å². The van der Waals surface area contributed by atoms with Gasteiger partial charge in [-0.1, -0.05) is 38.8 Å². The Bertz CT molecular complexity index is 926. The SMILES string of the molecule is CCCCC(CCSc1ccc(OCC(=O)OCC)c(C)c1)C1Oc2cc(C)ccc2C1C. The molecule has 3 rings (SSSR count). The van der Waals surface area contributed by atoms with Crippen LogP contribution in [-0.2, 0) is 9.53 Å². The smallest absolute Gasteiger partial charge is 0.344 e. The van der Waals surface area contributed by atoms with Gasteiger partial charge in [-0.2, -0.15) is 0 Å². The number of hydrogen-bond donors (Lipinski definition) is 0. The number of esters is 1. The molecule has 0 spiro atoms. The van der Waals surface area contributed by atoms with Gasteiger partial charge in [-0.3, -0.25) is 0 Å². The van der Waals surface area contributed by atoms with Crippen molar-refractivity contribution < 1.29 is 19.0 Å². The Kier molecular flexibility index (Phi) is 9.54. The fourth-order valence-corrected chi connectivity index (χ4v) is 5.61. The summed E-state index contributed by atoms with van der Waals surface area (Å²) in [6.07, 6.45) is 5.05. The van der Waals surface area contributed by atoms with Crippen LogP contribution < -0.4 is 9.47 Å². The second-order valence-electron chi connectivity index (χ2n) is 8.97. The molecule has 0 amide bonds. The van der Waals surface area contributed by atoms with Gasteiger partial charge >= 0.3 is 5.97 Å². The number of thioether (sulfide) groups is 1. The molecule has 0 radical (unpaired) electrons. The predicted octanol–water partition coefficient (Wildman–Crippen LogP) is 7.10. The van der Waals surface area contributed by atoms with Crippen LogP contribution >= 0.6 is 11.8 Å². The number of fused-ring (bicyclic) bond motifs is 1. The Hall–Kier alpha value is -2.14. The first-order valence-electron chi connectivity index (χ1n) is 12.2. The first-order valence-corrected chi connectivity index (χ1v) is 13.2. The van der Waals surface area contributed by atoms with Crippen LogP contribution in [-0.4, -0.2) is 31.0 Å². The molecular weight excluding hydrogens is 432 g/mol. The topological polar surface area (TPSA) is 44.8 Å². The van der Waals surface area contributed by atoms with E-state index < -0.39 is 0 Å². The van der Waals surface area contributed by atoms with Gasteiger partial charge in [0.25, 0.3) is 0 Å². The summed E-state index contributed by atoms with van der Waals surface area (Å²) >= 11 is 1.88. The average Bonchev–Trinajstić information content (AvgIpc) is 3.11. The molecule has 2 aromatic rings. The van der Waals surface area contributed by atoms with Crippen LogP contribution in [0.4, 0.5) is 0 Å². The normalized spacial score (nSPS) is 17.8. The van der Waals surface area contributed by atoms with Crippen molar-refractivity contribution in [2.75, 3.05) is 19.0 Å². The zero-order valence-electron chi connectivity index (χ0n) is 20.7. The number of carbonyl (C=O) groups is 1. The van der Waals surface area contributed by atoms with E-state index in [9.17, 15) is 4.79 Å². The van der Waals surface area contributed by atoms with Gasteiger partial charge in [-0.05, 0) is 80.7 Å². The zero-order valence-corrected chi connectivity index (χ0v) is 21.5. The van der Waals surface area contributed by atoms with Crippen LogP contribution in [0.3, 0.4) is 0 Å². The highest BCUT2D eigenvalue weighted by Crippen LogP contribution is 2.43. The standard InChI is InChI=1S/C28H38O4S/c1-6-8-9-22(28-21(5)24-12-10-19(3)16-26(24)32-28)14-15-33-23-11-13-25(20(4)17-23)31-18-27(29)30-7-2/h10-13,16-17,21-22,28H,6-9,14-15,18H2,1-5H3. The van der Waals surface area contributed by atoms with Crippen molar-refractivity contribution in [3.05, 3.63) is 53.1 Å². The summed E-state index contributed by atoms with van der Waals surface area (Å²) in [7, 11) is 0. The van der Waals surface area contributed by atoms with Crippen molar-refractivity contribution in [3.63, 3.8) is 0 Å². The van der Waals surface area contributed by atoms with Crippen LogP contribution in [0, 0.1) is 19.8 Å². The lowest BCUT2D eigenvalue weighted by Crippen LogP contribution is -2.28. The molecule has 33 heavy (non-hydrogen) atoms. The molecule has 0 saturated heterocycles. The van der Waals surface area contributed by atoms with Gasteiger partial charge in [0.15, 0.2) is 6.61 Å². The first kappa shape index (κ1) is 25.5. The third-order valence-electron chi connectivity index (χ3n) is 6.36. The minimum Gasteiger partial charge on any atom is -0.489 e. The summed E-state index contributed by atoms with van der Waals surface area (Å²) in [6.45, 7) is 10.8. The fourth-order valence-electron chi connectivity index (χ4n) is 4.53. The van der Waals surface area contributed by atoms with E-state index in [2.05, 4.69) is 51.1 Å². The predicted molar refractivity (Wildman–Crippen MR) is 136 cm³/mol. The summed E-state index contributed by atoms with van der Waals surface area (Å²) in [4.78, 5) is 12.8. The highest BCUT2D eigenvalue weighted by molar-refractivity contribution is 7.99. The Morgan fingerprint density at radius 2 is 1.94 bits per heavy atom. The lowest BCUT2D eigenvalue weighted by Gasteiger charge is -2.26. The van der Waals surface area contributed by atoms with E-state index in [0.717, 1.165) is 29.2 Å². The van der Waals surface area contributed by atoms with Crippen molar-refractivity contribution in [1.82, 2.24) is 0 Å². The lowest BCUT2D eigenvalue weighted by molar-refractivity contribution is -0.145. The van der Waals surface area contributed by atoms with E-state index in [1.807, 2.05) is 24.8 Å². The number of carbonyl (C=O) groups excluding carboxylic acids is 1. The lowest BCUT2D eigenvalue weighted by atomic mass is 9.84. The average molecular weight is 471 g/mol. The number of rotatable bonds is 12. The van der Waals surface area contributed by atoms with E-state index >= 15 is 0 Å². The van der Waals surface area contributed by atoms with Gasteiger partial charge in [-0.25, -0.2) is 4.79 Å². The van der Waals surface area contributed by atoms with Crippen LogP contribution in [0.1, 0.15) is 69.1 Å². The molecule has 0 N–H and O–H groups in total. The van der Waals surface area contributed by atoms with Crippen LogP contribution in [0.25, 0.3) is 0 Å². The molecule has 0 saturated carbocycles. The minimum absolute atomic E-state index is 0.0538. The Morgan fingerprint density at radius 3 is 2.67 bits per heavy atom. The second-order valence-corrected chi connectivity index (χ2v) is 10.1. The summed E-state index contributed by atoms with van der Waals surface area (Å²) < 4.78 is 17.0. The maximum absolute atomic E-state index is 11.5. The maximum Gasteiger partial charge on any atom is 0.344 e. The van der Waals surface area contributed by atoms with Crippen molar-refractivity contribution >= 4 is 17.7 Å². The summed E-state index contributed by atoms with van der Waals surface area (Å²) in [5, 5.41) is 0. The molecular formula is C28H38O4S. The van der Waals surface area contributed by atoms with E-state index in [1.54, 1.807) is 6.92 Å². The molecule has 1 aliphatic heterocycles. The summed E-state index contributed by atoms with van der Waals surface area (Å²) in [6, 6.07) is 12.8. The maximum atomic E-state index is 11.5. The molecule has 5 heteroatoms. The van der Waals surface area contributed by atoms with Crippen LogP contribution in [0.5, 0.6) is 11.5 Å². The number of aryl methyl sites for hydroxylation is 2. The number of benzene rings is 2. The van der Waals surface area contributed by atoms with Gasteiger partial charge in [-0.15, -0.1) is 11.8 Å². The largest absolute Gasteiger partial charge is 0.489 e. The third-order valence-corrected chi connectivity index (χ3v) is 7.39. The molecule has 180 valence electrons. The van der Waals surface area contributed by atoms with Gasteiger partial charge in [0.2, 0.25) is 0 Å². The Labute approximate surface area is 203 Å². The van der Waals surface area contributed by atoms with Crippen molar-refractivity contribution in [2.45, 2.75) is 77.2 Å². The molecule has 0 aliphatic carbocycles. The molecule has 3 atom stereocenters. The quantitative estimate of drug-likeness (QED) is 0.244. The molecule has 0 fully saturated rings. The highest BCUT2D eigenvalue weighted by Gasteiger charge is 2.36. The van der Waals surface area contributed by atoms with E-state index in [0.29, 0.717) is 18.4 Å². The second kappa shape index (κ2) is 12.4. The van der Waals surface area contributed by atoms with Gasteiger partial charge < -0.3 is 14.2 Å². The monoisotopic (exact) mass is 470 g/mol. The van der Waals surface area contributed by atoms with Crippen LogP contribution in [0.15, 0.2) is 41.3 Å². The van der Waals surface area contributed by atoms with Crippen LogP contribution in [0.2, 0.25) is 0 Å². The molecule has 4 nitrogen and oxygen atoms in total. The van der Waals surface area contributed by atoms with Gasteiger partial charge in [0.05, 0.1) is 6.61 Å². The highest BCUT2D eigenvalue weighted by atomic mass is 32.2. The number of ether oxygens (including phenoxy) is 3. The zero-order chi connectivity index (χ0) is 23.8. The minimum atomic E-state index is -0.339. The number of hydrogen-bond acceptors (Lipinski definition) is 5. The number of unbranched alkanes of at least 4 members (excludes halogenated alkanes) is 1. The molecule has 0 aromatic heterocycles. The molecule has 2 aromatic carbocycles. The summed E-state index contributed by atoms with van der Waals surface area (Å²) in [5.41, 5.74) is 3.64. The molecule has 3 unspecified atom stereocenters. The Balaban J connectivity index is 1.56. The Morgan fingerprint density at radius 1 is 1.12 bits per heavy atom. The first-order chi connectivity index (χ1) is 15.9. The molecule has 1 heterocycles. The van der Waals surface area contributed by atoms with Crippen molar-refractivity contribution in [1.29, 1.82) is 0 Å².